The lowest BCUT2D eigenvalue weighted by Crippen LogP contribution is -1.94. The normalized spacial score (nSPS) is 10.6. The average Bonchev–Trinajstić information content (AvgIpc) is 3.13. The summed E-state index contributed by atoms with van der Waals surface area (Å²) in [6, 6.07) is 18.4. The van der Waals surface area contributed by atoms with Gasteiger partial charge in [-0.05, 0) is 55.0 Å². The topological polar surface area (TPSA) is 99.0 Å². The molecule has 2 aromatic carbocycles. The number of fused-ring (bicyclic) bond motifs is 1. The second-order valence-corrected chi connectivity index (χ2v) is 6.36. The molecule has 4 rings (SSSR count). The number of hydrogen-bond acceptors (Lipinski definition) is 4. The summed E-state index contributed by atoms with van der Waals surface area (Å²) in [6.45, 7) is 1.98. The Balaban J connectivity index is 1.81. The van der Waals surface area contributed by atoms with Crippen LogP contribution in [0.2, 0.25) is 0 Å². The van der Waals surface area contributed by atoms with Gasteiger partial charge < -0.3 is 14.8 Å². The largest absolute Gasteiger partial charge is 0.477 e. The minimum atomic E-state index is -1.00. The lowest BCUT2D eigenvalue weighted by atomic mass is 10.0. The van der Waals surface area contributed by atoms with E-state index in [1.807, 2.05) is 43.3 Å². The van der Waals surface area contributed by atoms with Gasteiger partial charge in [-0.2, -0.15) is 5.26 Å². The molecular weight excluding hydrogens is 354 g/mol. The van der Waals surface area contributed by atoms with Crippen molar-refractivity contribution in [1.82, 2.24) is 9.97 Å². The van der Waals surface area contributed by atoms with Crippen LogP contribution in [0.25, 0.3) is 22.0 Å². The zero-order valence-corrected chi connectivity index (χ0v) is 14.9. The minimum Gasteiger partial charge on any atom is -0.477 e. The van der Waals surface area contributed by atoms with E-state index in [0.717, 1.165) is 27.6 Å². The molecule has 0 unspecified atom stereocenters. The van der Waals surface area contributed by atoms with Gasteiger partial charge in [-0.15, -0.1) is 0 Å². The van der Waals surface area contributed by atoms with Gasteiger partial charge in [0.15, 0.2) is 0 Å². The molecule has 6 nitrogen and oxygen atoms in total. The van der Waals surface area contributed by atoms with Crippen molar-refractivity contribution >= 4 is 16.9 Å². The first-order valence-corrected chi connectivity index (χ1v) is 8.55. The summed E-state index contributed by atoms with van der Waals surface area (Å²) in [4.78, 5) is 18.2. The molecule has 2 N–H and O–H groups in total. The van der Waals surface area contributed by atoms with Crippen LogP contribution in [-0.4, -0.2) is 21.0 Å². The van der Waals surface area contributed by atoms with Crippen molar-refractivity contribution in [2.45, 2.75) is 6.92 Å². The standard InChI is InChI=1S/C22H15N3O3/c1-13-4-7-20(28-21-15(12-23)3-2-8-24-21)17(9-13)14-5-6-18-16(10-14)11-19(25-18)22(26)27/h2-11,25H,1H3,(H,26,27). The SMILES string of the molecule is Cc1ccc(Oc2ncccc2C#N)c(-c2ccc3[nH]c(C(=O)O)cc3c2)c1. The molecule has 0 aliphatic carbocycles. The molecule has 0 aliphatic heterocycles. The lowest BCUT2D eigenvalue weighted by Gasteiger charge is -2.12. The average molecular weight is 369 g/mol. The monoisotopic (exact) mass is 369 g/mol. The molecule has 6 heteroatoms. The van der Waals surface area contributed by atoms with Gasteiger partial charge in [0.05, 0.1) is 0 Å². The highest BCUT2D eigenvalue weighted by atomic mass is 16.5. The highest BCUT2D eigenvalue weighted by Crippen LogP contribution is 2.36. The van der Waals surface area contributed by atoms with Crippen LogP contribution in [0.1, 0.15) is 21.6 Å². The van der Waals surface area contributed by atoms with Gasteiger partial charge in [-0.1, -0.05) is 17.7 Å². The van der Waals surface area contributed by atoms with Crippen molar-refractivity contribution in [3.63, 3.8) is 0 Å². The molecule has 0 spiro atoms. The number of carboxylic acids is 1. The molecule has 2 heterocycles. The number of aromatic carboxylic acids is 1. The molecule has 0 saturated heterocycles. The Hall–Kier alpha value is -4.11. The van der Waals surface area contributed by atoms with Gasteiger partial charge in [0.25, 0.3) is 0 Å². The summed E-state index contributed by atoms with van der Waals surface area (Å²) >= 11 is 0. The number of aromatic nitrogens is 2. The number of benzene rings is 2. The van der Waals surface area contributed by atoms with Gasteiger partial charge in [-0.25, -0.2) is 9.78 Å². The van der Waals surface area contributed by atoms with Crippen molar-refractivity contribution in [3.05, 3.63) is 77.6 Å². The molecule has 0 fully saturated rings. The molecule has 2 aromatic heterocycles. The molecule has 0 bridgehead atoms. The Kier molecular flexibility index (Phi) is 4.26. The predicted octanol–water partition coefficient (Wildman–Crippen LogP) is 4.90. The number of aromatic amines is 1. The van der Waals surface area contributed by atoms with E-state index in [2.05, 4.69) is 16.0 Å². The number of carboxylic acid groups (broad SMARTS) is 1. The van der Waals surface area contributed by atoms with Crippen LogP contribution < -0.4 is 4.74 Å². The summed E-state index contributed by atoms with van der Waals surface area (Å²) in [6.07, 6.45) is 1.57. The van der Waals surface area contributed by atoms with E-state index in [-0.39, 0.29) is 11.6 Å². The van der Waals surface area contributed by atoms with E-state index < -0.39 is 5.97 Å². The Labute approximate surface area is 160 Å². The maximum atomic E-state index is 11.2. The Morgan fingerprint density at radius 2 is 2.04 bits per heavy atom. The zero-order chi connectivity index (χ0) is 19.7. The molecule has 136 valence electrons. The summed E-state index contributed by atoms with van der Waals surface area (Å²) < 4.78 is 5.96. The van der Waals surface area contributed by atoms with Crippen LogP contribution in [0.5, 0.6) is 11.6 Å². The lowest BCUT2D eigenvalue weighted by molar-refractivity contribution is 0.0691. The van der Waals surface area contributed by atoms with Crippen molar-refractivity contribution in [3.8, 4) is 28.8 Å². The summed E-state index contributed by atoms with van der Waals surface area (Å²) in [5.74, 6) is -0.198. The third-order valence-electron chi connectivity index (χ3n) is 4.40. The van der Waals surface area contributed by atoms with Gasteiger partial charge in [0.1, 0.15) is 23.1 Å². The first-order valence-electron chi connectivity index (χ1n) is 8.55. The number of aryl methyl sites for hydroxylation is 1. The van der Waals surface area contributed by atoms with Crippen LogP contribution in [0.3, 0.4) is 0 Å². The van der Waals surface area contributed by atoms with Gasteiger partial charge in [0.2, 0.25) is 5.88 Å². The Morgan fingerprint density at radius 1 is 1.18 bits per heavy atom. The molecule has 0 amide bonds. The number of ether oxygens (including phenoxy) is 1. The van der Waals surface area contributed by atoms with Gasteiger partial charge in [-0.3, -0.25) is 0 Å². The smallest absolute Gasteiger partial charge is 0.352 e. The van der Waals surface area contributed by atoms with E-state index >= 15 is 0 Å². The predicted molar refractivity (Wildman–Crippen MR) is 104 cm³/mol. The van der Waals surface area contributed by atoms with Crippen molar-refractivity contribution in [1.29, 1.82) is 5.26 Å². The number of carbonyl (C=O) groups is 1. The van der Waals surface area contributed by atoms with Crippen LogP contribution >= 0.6 is 0 Å². The molecule has 4 aromatic rings. The summed E-state index contributed by atoms with van der Waals surface area (Å²) in [5, 5.41) is 19.2. The van der Waals surface area contributed by atoms with Crippen LogP contribution in [0.15, 0.2) is 60.8 Å². The molecule has 0 aliphatic rings. The van der Waals surface area contributed by atoms with E-state index in [1.165, 1.54) is 0 Å². The number of rotatable bonds is 4. The number of H-pyrrole nitrogens is 1. The number of nitriles is 1. The Morgan fingerprint density at radius 3 is 2.82 bits per heavy atom. The van der Waals surface area contributed by atoms with Crippen LogP contribution in [0.4, 0.5) is 0 Å². The number of nitrogens with zero attached hydrogens (tertiary/aromatic N) is 2. The van der Waals surface area contributed by atoms with E-state index in [4.69, 9.17) is 4.74 Å². The number of hydrogen-bond donors (Lipinski definition) is 2. The third-order valence-corrected chi connectivity index (χ3v) is 4.40. The zero-order valence-electron chi connectivity index (χ0n) is 14.9. The molecule has 28 heavy (non-hydrogen) atoms. The highest BCUT2D eigenvalue weighted by Gasteiger charge is 2.13. The summed E-state index contributed by atoms with van der Waals surface area (Å²) in [7, 11) is 0. The first kappa shape index (κ1) is 17.3. The minimum absolute atomic E-state index is 0.139. The summed E-state index contributed by atoms with van der Waals surface area (Å²) in [5.41, 5.74) is 3.98. The second-order valence-electron chi connectivity index (χ2n) is 6.36. The first-order chi connectivity index (χ1) is 13.5. The van der Waals surface area contributed by atoms with Gasteiger partial charge >= 0.3 is 5.97 Å². The number of nitrogens with one attached hydrogen (secondary N) is 1. The van der Waals surface area contributed by atoms with Gasteiger partial charge in [0, 0.05) is 22.7 Å². The van der Waals surface area contributed by atoms with E-state index in [1.54, 1.807) is 24.4 Å². The van der Waals surface area contributed by atoms with Crippen molar-refractivity contribution in [2.24, 2.45) is 0 Å². The molecular formula is C22H15N3O3. The van der Waals surface area contributed by atoms with Crippen LogP contribution in [-0.2, 0) is 0 Å². The number of pyridine rings is 1. The quantitative estimate of drug-likeness (QED) is 0.533. The van der Waals surface area contributed by atoms with Crippen LogP contribution in [0, 0.1) is 18.3 Å². The van der Waals surface area contributed by atoms with Crippen molar-refractivity contribution < 1.29 is 14.6 Å². The molecule has 0 saturated carbocycles. The van der Waals surface area contributed by atoms with E-state index in [9.17, 15) is 15.2 Å². The second kappa shape index (κ2) is 6.89. The Bertz CT molecular complexity index is 1250. The fraction of sp³-hybridized carbons (Fsp3) is 0.0455. The maximum Gasteiger partial charge on any atom is 0.352 e. The van der Waals surface area contributed by atoms with E-state index in [0.29, 0.717) is 11.3 Å². The highest BCUT2D eigenvalue weighted by molar-refractivity contribution is 5.95. The third kappa shape index (κ3) is 3.17. The molecule has 0 atom stereocenters. The fourth-order valence-corrected chi connectivity index (χ4v) is 3.04. The van der Waals surface area contributed by atoms with Crippen molar-refractivity contribution in [2.75, 3.05) is 0 Å². The molecule has 0 radical (unpaired) electrons. The fourth-order valence-electron chi connectivity index (χ4n) is 3.04. The maximum absolute atomic E-state index is 11.2.